The standard InChI is InChI=1S/C17H26FN3OS/c1-13(15-4-5-17(23-3)16(18)12-15)19-6-7-20-8-10-21(11-9-20)14(2)22/h4-5,12-13,19H,6-11H2,1-3H3. The summed E-state index contributed by atoms with van der Waals surface area (Å²) in [7, 11) is 0. The Hall–Kier alpha value is -1.11. The monoisotopic (exact) mass is 339 g/mol. The molecule has 1 unspecified atom stereocenters. The average Bonchev–Trinajstić information content (AvgIpc) is 2.55. The molecule has 0 saturated carbocycles. The second-order valence-corrected chi connectivity index (χ2v) is 6.77. The Morgan fingerprint density at radius 1 is 1.35 bits per heavy atom. The van der Waals surface area contributed by atoms with Gasteiger partial charge in [-0.2, -0.15) is 0 Å². The average molecular weight is 339 g/mol. The predicted molar refractivity (Wildman–Crippen MR) is 93.3 cm³/mol. The van der Waals surface area contributed by atoms with Gasteiger partial charge in [-0.05, 0) is 30.9 Å². The summed E-state index contributed by atoms with van der Waals surface area (Å²) in [5.41, 5.74) is 0.974. The first kappa shape index (κ1) is 18.2. The minimum absolute atomic E-state index is 0.124. The van der Waals surface area contributed by atoms with E-state index in [1.165, 1.54) is 11.8 Å². The van der Waals surface area contributed by atoms with Crippen LogP contribution in [0, 0.1) is 5.82 Å². The van der Waals surface area contributed by atoms with Crippen LogP contribution in [-0.4, -0.2) is 61.2 Å². The third kappa shape index (κ3) is 5.19. The molecule has 1 aliphatic rings. The third-order valence-corrected chi connectivity index (χ3v) is 5.14. The Labute approximate surface area is 142 Å². The Kier molecular flexibility index (Phi) is 6.87. The maximum Gasteiger partial charge on any atom is 0.219 e. The summed E-state index contributed by atoms with van der Waals surface area (Å²) in [6.45, 7) is 8.95. The lowest BCUT2D eigenvalue weighted by Crippen LogP contribution is -2.49. The molecule has 1 fully saturated rings. The van der Waals surface area contributed by atoms with E-state index in [4.69, 9.17) is 0 Å². The summed E-state index contributed by atoms with van der Waals surface area (Å²) >= 11 is 1.42. The molecule has 0 spiro atoms. The zero-order valence-corrected chi connectivity index (χ0v) is 15.0. The number of hydrogen-bond donors (Lipinski definition) is 1. The molecule has 2 rings (SSSR count). The molecule has 0 radical (unpaired) electrons. The lowest BCUT2D eigenvalue weighted by Gasteiger charge is -2.34. The van der Waals surface area contributed by atoms with Crippen LogP contribution in [0.1, 0.15) is 25.5 Å². The van der Waals surface area contributed by atoms with E-state index in [2.05, 4.69) is 17.1 Å². The summed E-state index contributed by atoms with van der Waals surface area (Å²) in [6.07, 6.45) is 1.88. The fraction of sp³-hybridized carbons (Fsp3) is 0.588. The Morgan fingerprint density at radius 2 is 2.04 bits per heavy atom. The van der Waals surface area contributed by atoms with Crippen molar-refractivity contribution in [2.24, 2.45) is 0 Å². The minimum Gasteiger partial charge on any atom is -0.340 e. The van der Waals surface area contributed by atoms with E-state index in [-0.39, 0.29) is 17.8 Å². The van der Waals surface area contributed by atoms with E-state index in [1.807, 2.05) is 23.3 Å². The molecule has 1 aromatic carbocycles. The van der Waals surface area contributed by atoms with Gasteiger partial charge in [0.15, 0.2) is 0 Å². The molecule has 1 atom stereocenters. The summed E-state index contributed by atoms with van der Waals surface area (Å²) in [5, 5.41) is 3.45. The van der Waals surface area contributed by atoms with E-state index in [0.29, 0.717) is 4.90 Å². The van der Waals surface area contributed by atoms with Crippen LogP contribution in [0.15, 0.2) is 23.1 Å². The number of benzene rings is 1. The smallest absolute Gasteiger partial charge is 0.219 e. The molecule has 0 aliphatic carbocycles. The summed E-state index contributed by atoms with van der Waals surface area (Å²) in [6, 6.07) is 5.57. The molecule has 1 saturated heterocycles. The van der Waals surface area contributed by atoms with Gasteiger partial charge >= 0.3 is 0 Å². The number of carbonyl (C=O) groups excluding carboxylic acids is 1. The molecule has 4 nitrogen and oxygen atoms in total. The number of piperazine rings is 1. The Balaban J connectivity index is 1.74. The molecule has 0 aromatic heterocycles. The van der Waals surface area contributed by atoms with Crippen molar-refractivity contribution >= 4 is 17.7 Å². The predicted octanol–water partition coefficient (Wildman–Crippen LogP) is 2.36. The van der Waals surface area contributed by atoms with E-state index in [0.717, 1.165) is 44.8 Å². The van der Waals surface area contributed by atoms with Crippen LogP contribution in [0.3, 0.4) is 0 Å². The molecule has 128 valence electrons. The summed E-state index contributed by atoms with van der Waals surface area (Å²) in [5.74, 6) is 0.0103. The number of nitrogens with one attached hydrogen (secondary N) is 1. The maximum atomic E-state index is 13.8. The van der Waals surface area contributed by atoms with Gasteiger partial charge in [-0.3, -0.25) is 9.69 Å². The van der Waals surface area contributed by atoms with Gasteiger partial charge in [-0.1, -0.05) is 6.07 Å². The molecular formula is C17H26FN3OS. The van der Waals surface area contributed by atoms with Gasteiger partial charge in [0.05, 0.1) is 0 Å². The van der Waals surface area contributed by atoms with Gasteiger partial charge in [0.1, 0.15) is 5.82 Å². The molecule has 6 heteroatoms. The van der Waals surface area contributed by atoms with Crippen molar-refractivity contribution in [2.75, 3.05) is 45.5 Å². The highest BCUT2D eigenvalue weighted by Crippen LogP contribution is 2.22. The fourth-order valence-corrected chi connectivity index (χ4v) is 3.25. The van der Waals surface area contributed by atoms with Crippen LogP contribution < -0.4 is 5.32 Å². The van der Waals surface area contributed by atoms with Crippen molar-refractivity contribution < 1.29 is 9.18 Å². The number of hydrogen-bond acceptors (Lipinski definition) is 4. The molecule has 0 bridgehead atoms. The molecule has 1 aliphatic heterocycles. The van der Waals surface area contributed by atoms with Crippen LogP contribution in [0.2, 0.25) is 0 Å². The Bertz CT molecular complexity index is 533. The van der Waals surface area contributed by atoms with E-state index < -0.39 is 0 Å². The van der Waals surface area contributed by atoms with Gasteiger partial charge in [0.2, 0.25) is 5.91 Å². The van der Waals surface area contributed by atoms with E-state index in [1.54, 1.807) is 13.0 Å². The lowest BCUT2D eigenvalue weighted by atomic mass is 10.1. The number of rotatable bonds is 6. The largest absolute Gasteiger partial charge is 0.340 e. The van der Waals surface area contributed by atoms with Gasteiger partial charge < -0.3 is 10.2 Å². The first-order valence-electron chi connectivity index (χ1n) is 8.06. The van der Waals surface area contributed by atoms with Gasteiger partial charge in [-0.25, -0.2) is 4.39 Å². The molecule has 1 heterocycles. The van der Waals surface area contributed by atoms with Crippen molar-refractivity contribution in [1.29, 1.82) is 0 Å². The van der Waals surface area contributed by atoms with Crippen LogP contribution in [-0.2, 0) is 4.79 Å². The summed E-state index contributed by atoms with van der Waals surface area (Å²) < 4.78 is 13.8. The third-order valence-electron chi connectivity index (χ3n) is 4.37. The molecule has 23 heavy (non-hydrogen) atoms. The van der Waals surface area contributed by atoms with Gasteiger partial charge in [0, 0.05) is 57.1 Å². The highest BCUT2D eigenvalue weighted by molar-refractivity contribution is 7.98. The van der Waals surface area contributed by atoms with Crippen molar-refractivity contribution in [3.05, 3.63) is 29.6 Å². The highest BCUT2D eigenvalue weighted by atomic mass is 32.2. The normalized spacial score (nSPS) is 17.3. The SMILES string of the molecule is CSc1ccc(C(C)NCCN2CCN(C(C)=O)CC2)cc1F. The van der Waals surface area contributed by atoms with Crippen molar-refractivity contribution in [1.82, 2.24) is 15.1 Å². The zero-order chi connectivity index (χ0) is 16.8. The zero-order valence-electron chi connectivity index (χ0n) is 14.1. The quantitative estimate of drug-likeness (QED) is 0.807. The first-order valence-corrected chi connectivity index (χ1v) is 9.28. The van der Waals surface area contributed by atoms with Crippen LogP contribution >= 0.6 is 11.8 Å². The van der Waals surface area contributed by atoms with Crippen LogP contribution in [0.25, 0.3) is 0 Å². The Morgan fingerprint density at radius 3 is 2.61 bits per heavy atom. The first-order chi connectivity index (χ1) is 11.0. The van der Waals surface area contributed by atoms with E-state index >= 15 is 0 Å². The number of thioether (sulfide) groups is 1. The number of amides is 1. The maximum absolute atomic E-state index is 13.8. The summed E-state index contributed by atoms with van der Waals surface area (Å²) in [4.78, 5) is 16.2. The number of halogens is 1. The number of carbonyl (C=O) groups is 1. The second-order valence-electron chi connectivity index (χ2n) is 5.92. The van der Waals surface area contributed by atoms with Crippen LogP contribution in [0.4, 0.5) is 4.39 Å². The highest BCUT2D eigenvalue weighted by Gasteiger charge is 2.18. The molecular weight excluding hydrogens is 313 g/mol. The molecule has 1 amide bonds. The van der Waals surface area contributed by atoms with Crippen molar-refractivity contribution in [3.63, 3.8) is 0 Å². The topological polar surface area (TPSA) is 35.6 Å². The molecule has 1 aromatic rings. The molecule has 1 N–H and O–H groups in total. The van der Waals surface area contributed by atoms with Gasteiger partial charge in [0.25, 0.3) is 0 Å². The fourth-order valence-electron chi connectivity index (χ4n) is 2.80. The second kappa shape index (κ2) is 8.66. The van der Waals surface area contributed by atoms with Crippen molar-refractivity contribution in [3.8, 4) is 0 Å². The van der Waals surface area contributed by atoms with Gasteiger partial charge in [-0.15, -0.1) is 11.8 Å². The van der Waals surface area contributed by atoms with E-state index in [9.17, 15) is 9.18 Å². The lowest BCUT2D eigenvalue weighted by molar-refractivity contribution is -0.130. The minimum atomic E-state index is -0.149. The number of nitrogens with zero attached hydrogens (tertiary/aromatic N) is 2. The van der Waals surface area contributed by atoms with Crippen molar-refractivity contribution in [2.45, 2.75) is 24.8 Å². The van der Waals surface area contributed by atoms with Crippen LogP contribution in [0.5, 0.6) is 0 Å².